The SMILES string of the molecule is C.C.C.C.C.C.C.C.C.C.C.C.C.C[C-](C)C.C[C-](C)C.[Y]. The first-order valence-electron chi connectivity index (χ1n) is 3.00. The van der Waals surface area contributed by atoms with E-state index in [1.807, 2.05) is 0 Å². The molecule has 0 aromatic carbocycles. The summed E-state index contributed by atoms with van der Waals surface area (Å²) in [7, 11) is 0. The Morgan fingerprint density at radius 3 is 0.273 bits per heavy atom. The van der Waals surface area contributed by atoms with E-state index in [4.69, 9.17) is 0 Å². The fraction of sp³-hybridized carbons (Fsp3) is 0.905. The second kappa shape index (κ2) is 195. The van der Waals surface area contributed by atoms with Gasteiger partial charge in [-0.15, -0.1) is 0 Å². The molecule has 0 nitrogen and oxygen atoms in total. The van der Waals surface area contributed by atoms with Crippen molar-refractivity contribution in [3.63, 3.8) is 0 Å². The van der Waals surface area contributed by atoms with Gasteiger partial charge in [-0.1, -0.05) is 96.5 Å². The van der Waals surface area contributed by atoms with Crippen LogP contribution in [0.1, 0.15) is 138 Å². The molecule has 0 N–H and O–H groups in total. The fourth-order valence-corrected chi connectivity index (χ4v) is 0. The Morgan fingerprint density at radius 1 is 0.273 bits per heavy atom. The molecule has 0 unspecified atom stereocenters. The molecule has 0 fully saturated rings. The zero-order valence-corrected chi connectivity index (χ0v) is 10.4. The molecule has 0 spiro atoms. The van der Waals surface area contributed by atoms with Gasteiger partial charge < -0.3 is 11.8 Å². The van der Waals surface area contributed by atoms with Crippen molar-refractivity contribution in [2.45, 2.75) is 138 Å². The molecule has 1 radical (unpaired) electrons. The summed E-state index contributed by atoms with van der Waals surface area (Å²) in [5.41, 5.74) is 0. The molecule has 0 rings (SSSR count). The van der Waals surface area contributed by atoms with E-state index < -0.39 is 0 Å². The Bertz CT molecular complexity index is 21.4. The van der Waals surface area contributed by atoms with E-state index in [2.05, 4.69) is 41.5 Å². The third-order valence-electron chi connectivity index (χ3n) is 0. The molecule has 0 amide bonds. The molecule has 0 aliphatic carbocycles. The average molecular weight is 412 g/mol. The van der Waals surface area contributed by atoms with E-state index in [0.717, 1.165) is 0 Å². The van der Waals surface area contributed by atoms with Crippen LogP contribution in [0.4, 0.5) is 0 Å². The van der Waals surface area contributed by atoms with Crippen molar-refractivity contribution in [3.05, 3.63) is 11.8 Å². The first-order valence-corrected chi connectivity index (χ1v) is 3.00. The van der Waals surface area contributed by atoms with Crippen molar-refractivity contribution in [1.82, 2.24) is 0 Å². The van der Waals surface area contributed by atoms with Crippen LogP contribution >= 0.6 is 0 Å². The summed E-state index contributed by atoms with van der Waals surface area (Å²) in [5.74, 6) is 2.83. The van der Waals surface area contributed by atoms with Crippen LogP contribution < -0.4 is 0 Å². The third-order valence-corrected chi connectivity index (χ3v) is 0. The quantitative estimate of drug-likeness (QED) is 0.348. The molecule has 0 saturated heterocycles. The van der Waals surface area contributed by atoms with Gasteiger partial charge in [0.2, 0.25) is 0 Å². The monoisotopic (exact) mass is 411 g/mol. The normalized spacial score (nSPS) is 3.27. The molecule has 0 saturated carbocycles. The van der Waals surface area contributed by atoms with Crippen molar-refractivity contribution >= 4 is 0 Å². The smallest absolute Gasteiger partial charge is 0 e. The molecule has 0 aromatic rings. The van der Waals surface area contributed by atoms with Gasteiger partial charge >= 0.3 is 0 Å². The summed E-state index contributed by atoms with van der Waals surface area (Å²) < 4.78 is 0. The number of hydrogen-bond acceptors (Lipinski definition) is 0. The largest absolute Gasteiger partial charge is 0.323 e. The Morgan fingerprint density at radius 2 is 0.273 bits per heavy atom. The summed E-state index contributed by atoms with van der Waals surface area (Å²) >= 11 is 0. The van der Waals surface area contributed by atoms with Crippen LogP contribution in [0.25, 0.3) is 0 Å². The molecular weight excluding hydrogens is 341 g/mol. The van der Waals surface area contributed by atoms with E-state index in [9.17, 15) is 0 Å². The van der Waals surface area contributed by atoms with Crippen molar-refractivity contribution < 1.29 is 32.7 Å². The van der Waals surface area contributed by atoms with Gasteiger partial charge in [0.1, 0.15) is 0 Å². The second-order valence-corrected chi connectivity index (χ2v) is 3.00. The van der Waals surface area contributed by atoms with Gasteiger partial charge in [0.15, 0.2) is 0 Å². The van der Waals surface area contributed by atoms with Crippen LogP contribution in [-0.4, -0.2) is 0 Å². The third kappa shape index (κ3) is 7000. The maximum Gasteiger partial charge on any atom is 0 e. The van der Waals surface area contributed by atoms with Crippen LogP contribution in [0, 0.1) is 11.8 Å². The van der Waals surface area contributed by atoms with Gasteiger partial charge in [-0.2, -0.15) is 41.5 Å². The summed E-state index contributed by atoms with van der Waals surface area (Å²) in [5, 5.41) is 0. The van der Waals surface area contributed by atoms with E-state index in [0.29, 0.717) is 0 Å². The van der Waals surface area contributed by atoms with Crippen LogP contribution in [-0.2, 0) is 32.7 Å². The summed E-state index contributed by atoms with van der Waals surface area (Å²) in [6, 6.07) is 0. The van der Waals surface area contributed by atoms with Gasteiger partial charge in [-0.25, -0.2) is 0 Å². The molecule has 0 aliphatic heterocycles. The first kappa shape index (κ1) is 224. The van der Waals surface area contributed by atoms with Crippen molar-refractivity contribution in [1.29, 1.82) is 0 Å². The van der Waals surface area contributed by atoms with Crippen LogP contribution in [0.5, 0.6) is 0 Å². The second-order valence-electron chi connectivity index (χ2n) is 3.00. The van der Waals surface area contributed by atoms with Crippen molar-refractivity contribution in [2.24, 2.45) is 0 Å². The maximum atomic E-state index is 2.08. The molecule has 0 aromatic heterocycles. The van der Waals surface area contributed by atoms with E-state index in [-0.39, 0.29) is 129 Å². The van der Waals surface area contributed by atoms with Crippen LogP contribution in [0.15, 0.2) is 0 Å². The minimum Gasteiger partial charge on any atom is -0.323 e. The van der Waals surface area contributed by atoms with Gasteiger partial charge in [-0.05, 0) is 0 Å². The topological polar surface area (TPSA) is 0 Å². The maximum absolute atomic E-state index is 2.08. The van der Waals surface area contributed by atoms with Gasteiger partial charge in [0.05, 0.1) is 0 Å². The van der Waals surface area contributed by atoms with E-state index in [1.165, 1.54) is 11.8 Å². The molecule has 0 bridgehead atoms. The molecule has 0 atom stereocenters. The molecular formula is C21H70Y-2. The average Bonchev–Trinajstić information content (AvgIpc) is 1.25. The minimum atomic E-state index is 0. The molecule has 0 aliphatic rings. The van der Waals surface area contributed by atoms with E-state index in [1.54, 1.807) is 0 Å². The predicted octanol–water partition coefficient (Wildman–Crippen LogP) is 11.5. The Balaban J connectivity index is -0.00000000143. The Labute approximate surface area is 182 Å². The predicted molar refractivity (Wildman–Crippen MR) is 128 cm³/mol. The number of rotatable bonds is 0. The summed E-state index contributed by atoms with van der Waals surface area (Å²) in [4.78, 5) is 0. The molecule has 22 heavy (non-hydrogen) atoms. The Kier molecular flexibility index (Phi) is 1980. The molecule has 1 heteroatoms. The molecule has 0 heterocycles. The van der Waals surface area contributed by atoms with Gasteiger partial charge in [-0.3, -0.25) is 0 Å². The van der Waals surface area contributed by atoms with E-state index >= 15 is 0 Å². The first-order chi connectivity index (χ1) is 3.46. The standard InChI is InChI=1S/2C4H9.13CH4.Y/c2*1-4(2)3;;;;;;;;;;;;;;/h2*1-3H3;13*1H4;/q2*-1;;;;;;;;;;;;;;. The summed E-state index contributed by atoms with van der Waals surface area (Å²) in [6.45, 7) is 12.5. The van der Waals surface area contributed by atoms with Gasteiger partial charge in [0, 0.05) is 32.7 Å². The minimum absolute atomic E-state index is 0. The van der Waals surface area contributed by atoms with Gasteiger partial charge in [0.25, 0.3) is 0 Å². The zero-order chi connectivity index (χ0) is 7.15. The zero-order valence-electron chi connectivity index (χ0n) is 7.58. The summed E-state index contributed by atoms with van der Waals surface area (Å²) in [6.07, 6.45) is 0. The van der Waals surface area contributed by atoms with Crippen molar-refractivity contribution in [3.8, 4) is 0 Å². The fourth-order valence-electron chi connectivity index (χ4n) is 0. The molecule has 159 valence electrons. The van der Waals surface area contributed by atoms with Crippen LogP contribution in [0.3, 0.4) is 0 Å². The van der Waals surface area contributed by atoms with Crippen LogP contribution in [0.2, 0.25) is 0 Å². The Hall–Kier alpha value is 1.10. The number of hydrogen-bond donors (Lipinski definition) is 0. The van der Waals surface area contributed by atoms with Crippen molar-refractivity contribution in [2.75, 3.05) is 0 Å².